The van der Waals surface area contributed by atoms with Crippen LogP contribution in [0.15, 0.2) is 54.9 Å². The van der Waals surface area contributed by atoms with Crippen LogP contribution in [0, 0.1) is 18.7 Å². The van der Waals surface area contributed by atoms with E-state index in [1.807, 2.05) is 38.2 Å². The second-order valence-corrected chi connectivity index (χ2v) is 10.1. The number of hydrogen-bond acceptors (Lipinski definition) is 5. The molecule has 37 heavy (non-hydrogen) atoms. The summed E-state index contributed by atoms with van der Waals surface area (Å²) in [6.07, 6.45) is 5.55. The molecule has 7 nitrogen and oxygen atoms in total. The van der Waals surface area contributed by atoms with Crippen LogP contribution in [0.1, 0.15) is 46.4 Å². The maximum absolute atomic E-state index is 14.2. The molecule has 1 amide bonds. The smallest absolute Gasteiger partial charge is 0.260 e. The predicted octanol–water partition coefficient (Wildman–Crippen LogP) is 5.04. The molecule has 188 valence electrons. The SMILES string of the molecule is Cc1cc(CNCC2CCC2)cc(N2Cc3ccc(-c4ccc(F)cc4-c4nncn4C)cc3C2=O)n1. The van der Waals surface area contributed by atoms with E-state index in [9.17, 15) is 9.18 Å². The molecule has 1 saturated carbocycles. The van der Waals surface area contributed by atoms with E-state index in [4.69, 9.17) is 0 Å². The molecule has 6 rings (SSSR count). The summed E-state index contributed by atoms with van der Waals surface area (Å²) in [6.45, 7) is 4.24. The van der Waals surface area contributed by atoms with Crippen molar-refractivity contribution in [1.82, 2.24) is 25.1 Å². The Morgan fingerprint density at radius 2 is 1.92 bits per heavy atom. The fraction of sp³-hybridized carbons (Fsp3) is 0.310. The molecule has 1 fully saturated rings. The van der Waals surface area contributed by atoms with E-state index in [1.165, 1.54) is 31.4 Å². The molecule has 0 unspecified atom stereocenters. The average Bonchev–Trinajstić information content (AvgIpc) is 3.43. The van der Waals surface area contributed by atoms with E-state index in [0.717, 1.165) is 47.0 Å². The normalized spacial score (nSPS) is 15.2. The number of nitrogens with zero attached hydrogens (tertiary/aromatic N) is 5. The third kappa shape index (κ3) is 4.53. The van der Waals surface area contributed by atoms with Gasteiger partial charge in [-0.2, -0.15) is 0 Å². The zero-order valence-corrected chi connectivity index (χ0v) is 21.0. The first-order valence-corrected chi connectivity index (χ1v) is 12.7. The Morgan fingerprint density at radius 3 is 2.68 bits per heavy atom. The minimum atomic E-state index is -0.353. The molecule has 0 radical (unpaired) electrons. The molecular formula is C29H29FN6O. The van der Waals surface area contributed by atoms with Crippen LogP contribution >= 0.6 is 0 Å². The van der Waals surface area contributed by atoms with Crippen molar-refractivity contribution in [2.75, 3.05) is 11.4 Å². The van der Waals surface area contributed by atoms with Crippen LogP contribution in [0.4, 0.5) is 10.2 Å². The topological polar surface area (TPSA) is 75.9 Å². The average molecular weight is 497 g/mol. The lowest BCUT2D eigenvalue weighted by atomic mass is 9.85. The number of carbonyl (C=O) groups excluding carboxylic acids is 1. The van der Waals surface area contributed by atoms with Gasteiger partial charge in [-0.05, 0) is 84.8 Å². The Bertz CT molecular complexity index is 1490. The summed E-state index contributed by atoms with van der Waals surface area (Å²) >= 11 is 0. The van der Waals surface area contributed by atoms with Gasteiger partial charge in [-0.25, -0.2) is 9.37 Å². The summed E-state index contributed by atoms with van der Waals surface area (Å²) in [5, 5.41) is 11.7. The van der Waals surface area contributed by atoms with Gasteiger partial charge in [-0.1, -0.05) is 24.6 Å². The zero-order chi connectivity index (χ0) is 25.5. The molecular weight excluding hydrogens is 467 g/mol. The highest BCUT2D eigenvalue weighted by Crippen LogP contribution is 2.35. The van der Waals surface area contributed by atoms with Crippen LogP contribution in [0.5, 0.6) is 0 Å². The van der Waals surface area contributed by atoms with Crippen molar-refractivity contribution >= 4 is 11.7 Å². The fourth-order valence-corrected chi connectivity index (χ4v) is 5.21. The summed E-state index contributed by atoms with van der Waals surface area (Å²) in [6, 6.07) is 14.5. The highest BCUT2D eigenvalue weighted by Gasteiger charge is 2.30. The van der Waals surface area contributed by atoms with Crippen molar-refractivity contribution in [3.63, 3.8) is 0 Å². The van der Waals surface area contributed by atoms with Crippen molar-refractivity contribution in [3.05, 3.63) is 83.1 Å². The van der Waals surface area contributed by atoms with Crippen molar-refractivity contribution in [3.8, 4) is 22.5 Å². The molecule has 1 aliphatic heterocycles. The number of amides is 1. The molecule has 3 heterocycles. The van der Waals surface area contributed by atoms with Crippen LogP contribution in [0.3, 0.4) is 0 Å². The summed E-state index contributed by atoms with van der Waals surface area (Å²) in [5.41, 5.74) is 5.85. The number of carbonyl (C=O) groups is 1. The minimum Gasteiger partial charge on any atom is -0.317 e. The molecule has 0 spiro atoms. The third-order valence-electron chi connectivity index (χ3n) is 7.42. The Kier molecular flexibility index (Phi) is 6.04. The van der Waals surface area contributed by atoms with E-state index >= 15 is 0 Å². The first-order chi connectivity index (χ1) is 18.0. The molecule has 0 atom stereocenters. The van der Waals surface area contributed by atoms with Gasteiger partial charge in [0.1, 0.15) is 18.0 Å². The number of rotatable bonds is 7. The van der Waals surface area contributed by atoms with E-state index < -0.39 is 0 Å². The minimum absolute atomic E-state index is 0.0781. The highest BCUT2D eigenvalue weighted by molar-refractivity contribution is 6.10. The van der Waals surface area contributed by atoms with Crippen LogP contribution < -0.4 is 10.2 Å². The second-order valence-electron chi connectivity index (χ2n) is 10.1. The molecule has 2 aliphatic rings. The number of fused-ring (bicyclic) bond motifs is 1. The number of benzene rings is 2. The predicted molar refractivity (Wildman–Crippen MR) is 140 cm³/mol. The molecule has 2 aromatic heterocycles. The van der Waals surface area contributed by atoms with Crippen molar-refractivity contribution in [2.45, 2.75) is 39.3 Å². The van der Waals surface area contributed by atoms with Gasteiger partial charge < -0.3 is 9.88 Å². The molecule has 0 saturated heterocycles. The Balaban J connectivity index is 1.28. The number of pyridine rings is 1. The van der Waals surface area contributed by atoms with E-state index in [2.05, 4.69) is 26.6 Å². The van der Waals surface area contributed by atoms with Gasteiger partial charge in [-0.3, -0.25) is 9.69 Å². The van der Waals surface area contributed by atoms with Crippen LogP contribution in [-0.2, 0) is 20.1 Å². The monoisotopic (exact) mass is 496 g/mol. The molecule has 1 aliphatic carbocycles. The number of aromatic nitrogens is 4. The van der Waals surface area contributed by atoms with E-state index in [-0.39, 0.29) is 11.7 Å². The molecule has 8 heteroatoms. The van der Waals surface area contributed by atoms with Gasteiger partial charge in [0.25, 0.3) is 5.91 Å². The summed E-state index contributed by atoms with van der Waals surface area (Å²) < 4.78 is 15.9. The lowest BCUT2D eigenvalue weighted by Crippen LogP contribution is -2.27. The first kappa shape index (κ1) is 23.5. The molecule has 4 aromatic rings. The standard InChI is InChI=1S/C29H29FN6O/c1-18-10-20(15-31-14-19-4-3-5-19)11-27(33-18)36-16-22-7-6-21(12-25(22)29(36)37)24-9-8-23(30)13-26(24)28-34-32-17-35(28)2/h6-13,17,19,31H,3-5,14-16H2,1-2H3. The number of halogens is 1. The van der Waals surface area contributed by atoms with Gasteiger partial charge in [-0.15, -0.1) is 10.2 Å². The first-order valence-electron chi connectivity index (χ1n) is 12.7. The number of hydrogen-bond donors (Lipinski definition) is 1. The van der Waals surface area contributed by atoms with Crippen LogP contribution in [-0.4, -0.2) is 32.2 Å². The maximum Gasteiger partial charge on any atom is 0.260 e. The lowest BCUT2D eigenvalue weighted by Gasteiger charge is -2.25. The lowest BCUT2D eigenvalue weighted by molar-refractivity contribution is 0.0996. The highest BCUT2D eigenvalue weighted by atomic mass is 19.1. The Morgan fingerprint density at radius 1 is 1.05 bits per heavy atom. The molecule has 2 aromatic carbocycles. The summed E-state index contributed by atoms with van der Waals surface area (Å²) in [5.74, 6) is 1.59. The fourth-order valence-electron chi connectivity index (χ4n) is 5.21. The Labute approximate surface area is 215 Å². The van der Waals surface area contributed by atoms with E-state index in [0.29, 0.717) is 29.3 Å². The van der Waals surface area contributed by atoms with Gasteiger partial charge >= 0.3 is 0 Å². The second kappa shape index (κ2) is 9.52. The van der Waals surface area contributed by atoms with Crippen LogP contribution in [0.25, 0.3) is 22.5 Å². The van der Waals surface area contributed by atoms with Gasteiger partial charge in [0.2, 0.25) is 0 Å². The third-order valence-corrected chi connectivity index (χ3v) is 7.42. The zero-order valence-electron chi connectivity index (χ0n) is 21.0. The van der Waals surface area contributed by atoms with Crippen molar-refractivity contribution in [2.24, 2.45) is 13.0 Å². The quantitative estimate of drug-likeness (QED) is 0.388. The summed E-state index contributed by atoms with van der Waals surface area (Å²) in [7, 11) is 1.82. The molecule has 1 N–H and O–H groups in total. The molecule has 0 bridgehead atoms. The van der Waals surface area contributed by atoms with Crippen molar-refractivity contribution < 1.29 is 9.18 Å². The van der Waals surface area contributed by atoms with Gasteiger partial charge in [0.05, 0.1) is 6.54 Å². The van der Waals surface area contributed by atoms with E-state index in [1.54, 1.807) is 21.9 Å². The number of nitrogens with one attached hydrogen (secondary N) is 1. The van der Waals surface area contributed by atoms with Crippen molar-refractivity contribution in [1.29, 1.82) is 0 Å². The Hall–Kier alpha value is -3.91. The maximum atomic E-state index is 14.2. The largest absolute Gasteiger partial charge is 0.317 e. The number of anilines is 1. The van der Waals surface area contributed by atoms with Gasteiger partial charge in [0, 0.05) is 30.4 Å². The van der Waals surface area contributed by atoms with Gasteiger partial charge in [0.15, 0.2) is 5.82 Å². The number of aryl methyl sites for hydroxylation is 2. The summed E-state index contributed by atoms with van der Waals surface area (Å²) in [4.78, 5) is 20.0. The van der Waals surface area contributed by atoms with Crippen LogP contribution in [0.2, 0.25) is 0 Å².